The molecule has 4 heteroatoms. The molecule has 1 aromatic heterocycles. The van der Waals surface area contributed by atoms with Crippen molar-refractivity contribution in [3.8, 4) is 11.3 Å². The number of aromatic nitrogens is 2. The van der Waals surface area contributed by atoms with Crippen molar-refractivity contribution in [1.29, 1.82) is 0 Å². The van der Waals surface area contributed by atoms with Crippen LogP contribution in [-0.4, -0.2) is 35.3 Å². The standard InChI is InChI=1S/C13H16ClN3/c1-16(2)8-9-17-13(14)10-12(15-17)11-6-4-3-5-7-11/h3-7,10H,8-9H2,1-2H3. The second kappa shape index (κ2) is 5.34. The maximum Gasteiger partial charge on any atom is 0.127 e. The van der Waals surface area contributed by atoms with Gasteiger partial charge in [0.15, 0.2) is 0 Å². The van der Waals surface area contributed by atoms with Crippen LogP contribution in [0.25, 0.3) is 11.3 Å². The predicted molar refractivity (Wildman–Crippen MR) is 71.2 cm³/mol. The van der Waals surface area contributed by atoms with E-state index < -0.39 is 0 Å². The Labute approximate surface area is 107 Å². The van der Waals surface area contributed by atoms with Gasteiger partial charge in [-0.2, -0.15) is 5.10 Å². The number of halogens is 1. The number of hydrogen-bond acceptors (Lipinski definition) is 2. The summed E-state index contributed by atoms with van der Waals surface area (Å²) in [6, 6.07) is 12.0. The van der Waals surface area contributed by atoms with Gasteiger partial charge in [-0.15, -0.1) is 0 Å². The minimum absolute atomic E-state index is 0.686. The number of hydrogen-bond donors (Lipinski definition) is 0. The van der Waals surface area contributed by atoms with Crippen LogP contribution in [0, 0.1) is 0 Å². The molecule has 1 heterocycles. The van der Waals surface area contributed by atoms with Gasteiger partial charge in [0.1, 0.15) is 5.15 Å². The summed E-state index contributed by atoms with van der Waals surface area (Å²) < 4.78 is 1.84. The first-order valence-electron chi connectivity index (χ1n) is 5.60. The van der Waals surface area contributed by atoms with Crippen molar-refractivity contribution in [1.82, 2.24) is 14.7 Å². The highest BCUT2D eigenvalue weighted by molar-refractivity contribution is 6.29. The summed E-state index contributed by atoms with van der Waals surface area (Å²) in [6.45, 7) is 1.73. The zero-order valence-electron chi connectivity index (χ0n) is 10.1. The quantitative estimate of drug-likeness (QED) is 0.831. The van der Waals surface area contributed by atoms with Crippen LogP contribution in [0.15, 0.2) is 36.4 Å². The van der Waals surface area contributed by atoms with E-state index in [0.29, 0.717) is 5.15 Å². The lowest BCUT2D eigenvalue weighted by atomic mass is 10.2. The Balaban J connectivity index is 2.19. The van der Waals surface area contributed by atoms with E-state index >= 15 is 0 Å². The average Bonchev–Trinajstić information content (AvgIpc) is 2.69. The van der Waals surface area contributed by atoms with E-state index in [-0.39, 0.29) is 0 Å². The third-order valence-corrected chi connectivity index (χ3v) is 2.86. The first kappa shape index (κ1) is 12.1. The fourth-order valence-corrected chi connectivity index (χ4v) is 1.82. The zero-order chi connectivity index (χ0) is 12.3. The molecule has 3 nitrogen and oxygen atoms in total. The highest BCUT2D eigenvalue weighted by atomic mass is 35.5. The second-order valence-electron chi connectivity index (χ2n) is 4.24. The van der Waals surface area contributed by atoms with Crippen LogP contribution in [0.1, 0.15) is 0 Å². The molecule has 0 saturated carbocycles. The van der Waals surface area contributed by atoms with Crippen LogP contribution in [-0.2, 0) is 6.54 Å². The van der Waals surface area contributed by atoms with Crippen molar-refractivity contribution >= 4 is 11.6 Å². The van der Waals surface area contributed by atoms with Gasteiger partial charge in [0.25, 0.3) is 0 Å². The van der Waals surface area contributed by atoms with E-state index in [0.717, 1.165) is 24.3 Å². The van der Waals surface area contributed by atoms with Crippen LogP contribution in [0.3, 0.4) is 0 Å². The van der Waals surface area contributed by atoms with Crippen molar-refractivity contribution in [3.63, 3.8) is 0 Å². The topological polar surface area (TPSA) is 21.1 Å². The molecule has 0 radical (unpaired) electrons. The predicted octanol–water partition coefficient (Wildman–Crippen LogP) is 2.77. The first-order valence-corrected chi connectivity index (χ1v) is 5.98. The van der Waals surface area contributed by atoms with E-state index in [1.807, 2.05) is 55.2 Å². The molecule has 0 amide bonds. The summed E-state index contributed by atoms with van der Waals surface area (Å²) in [7, 11) is 4.07. The molecule has 0 aliphatic rings. The third kappa shape index (κ3) is 3.08. The molecule has 1 aromatic carbocycles. The van der Waals surface area contributed by atoms with Crippen molar-refractivity contribution in [2.45, 2.75) is 6.54 Å². The Morgan fingerprint density at radius 3 is 2.59 bits per heavy atom. The highest BCUT2D eigenvalue weighted by Crippen LogP contribution is 2.21. The molecule has 90 valence electrons. The van der Waals surface area contributed by atoms with Crippen LogP contribution in [0.5, 0.6) is 0 Å². The SMILES string of the molecule is CN(C)CCn1nc(-c2ccccc2)cc1Cl. The van der Waals surface area contributed by atoms with E-state index in [2.05, 4.69) is 10.00 Å². The van der Waals surface area contributed by atoms with Gasteiger partial charge in [-0.25, -0.2) is 0 Å². The van der Waals surface area contributed by atoms with Crippen LogP contribution in [0.2, 0.25) is 5.15 Å². The Morgan fingerprint density at radius 2 is 1.94 bits per heavy atom. The van der Waals surface area contributed by atoms with E-state index in [1.165, 1.54) is 0 Å². The molecule has 2 aromatic rings. The molecule has 0 bridgehead atoms. The van der Waals surface area contributed by atoms with E-state index in [4.69, 9.17) is 11.6 Å². The van der Waals surface area contributed by atoms with E-state index in [9.17, 15) is 0 Å². The molecule has 0 N–H and O–H groups in total. The average molecular weight is 250 g/mol. The van der Waals surface area contributed by atoms with Gasteiger partial charge >= 0.3 is 0 Å². The first-order chi connectivity index (χ1) is 8.16. The molecule has 17 heavy (non-hydrogen) atoms. The molecular formula is C13H16ClN3. The Morgan fingerprint density at radius 1 is 1.24 bits per heavy atom. The number of likely N-dealkylation sites (N-methyl/N-ethyl adjacent to an activating group) is 1. The summed E-state index contributed by atoms with van der Waals surface area (Å²) in [5.74, 6) is 0. The van der Waals surface area contributed by atoms with Crippen LogP contribution >= 0.6 is 11.6 Å². The fourth-order valence-electron chi connectivity index (χ4n) is 1.60. The third-order valence-electron chi connectivity index (χ3n) is 2.56. The Hall–Kier alpha value is -1.32. The van der Waals surface area contributed by atoms with Gasteiger partial charge in [0, 0.05) is 18.2 Å². The zero-order valence-corrected chi connectivity index (χ0v) is 10.9. The molecule has 0 spiro atoms. The maximum absolute atomic E-state index is 6.16. The van der Waals surface area contributed by atoms with Gasteiger partial charge in [0.2, 0.25) is 0 Å². The number of rotatable bonds is 4. The lowest BCUT2D eigenvalue weighted by Gasteiger charge is -2.09. The lowest BCUT2D eigenvalue weighted by Crippen LogP contribution is -2.19. The molecule has 0 aliphatic carbocycles. The smallest absolute Gasteiger partial charge is 0.127 e. The molecule has 0 fully saturated rings. The van der Waals surface area contributed by atoms with Crippen molar-refractivity contribution < 1.29 is 0 Å². The summed E-state index contributed by atoms with van der Waals surface area (Å²) in [4.78, 5) is 2.11. The van der Waals surface area contributed by atoms with Crippen LogP contribution < -0.4 is 0 Å². The number of benzene rings is 1. The van der Waals surface area contributed by atoms with Crippen LogP contribution in [0.4, 0.5) is 0 Å². The van der Waals surface area contributed by atoms with Gasteiger partial charge in [-0.3, -0.25) is 4.68 Å². The largest absolute Gasteiger partial charge is 0.308 e. The summed E-state index contributed by atoms with van der Waals surface area (Å²) in [6.07, 6.45) is 0. The number of nitrogens with zero attached hydrogens (tertiary/aromatic N) is 3. The maximum atomic E-state index is 6.16. The fraction of sp³-hybridized carbons (Fsp3) is 0.308. The van der Waals surface area contributed by atoms with Crippen molar-refractivity contribution in [3.05, 3.63) is 41.6 Å². The summed E-state index contributed by atoms with van der Waals surface area (Å²) >= 11 is 6.16. The summed E-state index contributed by atoms with van der Waals surface area (Å²) in [5, 5.41) is 5.20. The van der Waals surface area contributed by atoms with Crippen molar-refractivity contribution in [2.75, 3.05) is 20.6 Å². The molecule has 0 atom stereocenters. The molecule has 2 rings (SSSR count). The molecule has 0 aliphatic heterocycles. The van der Waals surface area contributed by atoms with Crippen molar-refractivity contribution in [2.24, 2.45) is 0 Å². The lowest BCUT2D eigenvalue weighted by molar-refractivity contribution is 0.373. The van der Waals surface area contributed by atoms with Gasteiger partial charge in [-0.1, -0.05) is 41.9 Å². The normalized spacial score (nSPS) is 11.1. The minimum Gasteiger partial charge on any atom is -0.308 e. The van der Waals surface area contributed by atoms with Gasteiger partial charge in [-0.05, 0) is 14.1 Å². The highest BCUT2D eigenvalue weighted by Gasteiger charge is 2.07. The molecule has 0 saturated heterocycles. The molecule has 0 unspecified atom stereocenters. The summed E-state index contributed by atoms with van der Waals surface area (Å²) in [5.41, 5.74) is 2.02. The van der Waals surface area contributed by atoms with E-state index in [1.54, 1.807) is 0 Å². The van der Waals surface area contributed by atoms with Gasteiger partial charge < -0.3 is 4.90 Å². The minimum atomic E-state index is 0.686. The second-order valence-corrected chi connectivity index (χ2v) is 4.63. The van der Waals surface area contributed by atoms with Gasteiger partial charge in [0.05, 0.1) is 12.2 Å². The monoisotopic (exact) mass is 249 g/mol. The molecular weight excluding hydrogens is 234 g/mol. The Kier molecular flexibility index (Phi) is 3.82. The Bertz CT molecular complexity index is 477.